The van der Waals surface area contributed by atoms with E-state index in [4.69, 9.17) is 5.11 Å². The molecule has 2 fully saturated rings. The van der Waals surface area contributed by atoms with Gasteiger partial charge in [0.05, 0.1) is 11.8 Å². The molecule has 1 aliphatic heterocycles. The fraction of sp³-hybridized carbons (Fsp3) is 0.824. The van der Waals surface area contributed by atoms with Crippen LogP contribution in [0.2, 0.25) is 0 Å². The van der Waals surface area contributed by atoms with Crippen molar-refractivity contribution in [1.82, 2.24) is 15.5 Å². The molecule has 2 rings (SSSR count). The quantitative estimate of drug-likeness (QED) is 0.708. The Hall–Kier alpha value is -1.79. The normalized spacial score (nSPS) is 27.4. The molecule has 2 aliphatic rings. The number of carbonyl (C=O) groups is 3. The maximum absolute atomic E-state index is 12.4. The lowest BCUT2D eigenvalue weighted by Gasteiger charge is -2.34. The van der Waals surface area contributed by atoms with Gasteiger partial charge < -0.3 is 20.6 Å². The van der Waals surface area contributed by atoms with Gasteiger partial charge in [-0.05, 0) is 44.9 Å². The number of hydrogen-bond donors (Lipinski definition) is 3. The third kappa shape index (κ3) is 5.11. The number of piperidine rings is 1. The van der Waals surface area contributed by atoms with E-state index in [9.17, 15) is 14.4 Å². The first-order valence-electron chi connectivity index (χ1n) is 9.07. The van der Waals surface area contributed by atoms with Crippen molar-refractivity contribution in [3.8, 4) is 0 Å². The van der Waals surface area contributed by atoms with Crippen LogP contribution < -0.4 is 10.6 Å². The number of likely N-dealkylation sites (tertiary alicyclic amines) is 1. The van der Waals surface area contributed by atoms with Crippen molar-refractivity contribution in [1.29, 1.82) is 0 Å². The zero-order valence-electron chi connectivity index (χ0n) is 14.4. The van der Waals surface area contributed by atoms with Gasteiger partial charge in [-0.2, -0.15) is 0 Å². The average molecular weight is 339 g/mol. The molecule has 7 heteroatoms. The summed E-state index contributed by atoms with van der Waals surface area (Å²) in [6.45, 7) is 3.83. The third-order valence-electron chi connectivity index (χ3n) is 5.03. The molecule has 1 atom stereocenters. The van der Waals surface area contributed by atoms with E-state index in [0.29, 0.717) is 45.3 Å². The smallest absolute Gasteiger partial charge is 0.317 e. The molecule has 1 unspecified atom stereocenters. The van der Waals surface area contributed by atoms with Crippen LogP contribution in [0.1, 0.15) is 51.9 Å². The van der Waals surface area contributed by atoms with Gasteiger partial charge in [0.2, 0.25) is 5.91 Å². The topological polar surface area (TPSA) is 98.7 Å². The van der Waals surface area contributed by atoms with Crippen LogP contribution in [0.5, 0.6) is 0 Å². The minimum absolute atomic E-state index is 0.0383. The number of carboxylic acids is 1. The standard InChI is InChI=1S/C17H29N3O4/c1-2-9-18-15(21)13-4-3-10-20(11-13)17(24)19-14-7-5-12(6-8-14)16(22)23/h12-14H,2-11H2,1H3,(H,18,21)(H,19,24)(H,22,23). The second-order valence-corrected chi connectivity index (χ2v) is 6.91. The van der Waals surface area contributed by atoms with E-state index in [2.05, 4.69) is 10.6 Å². The maximum Gasteiger partial charge on any atom is 0.317 e. The van der Waals surface area contributed by atoms with Crippen LogP contribution in [0.4, 0.5) is 4.79 Å². The van der Waals surface area contributed by atoms with E-state index in [0.717, 1.165) is 19.3 Å². The van der Waals surface area contributed by atoms with Gasteiger partial charge in [0, 0.05) is 25.7 Å². The summed E-state index contributed by atoms with van der Waals surface area (Å²) in [5.74, 6) is -1.10. The summed E-state index contributed by atoms with van der Waals surface area (Å²) in [5, 5.41) is 14.9. The van der Waals surface area contributed by atoms with E-state index in [1.165, 1.54) is 0 Å². The Bertz CT molecular complexity index is 461. The van der Waals surface area contributed by atoms with Crippen LogP contribution in [-0.4, -0.2) is 53.6 Å². The molecular formula is C17H29N3O4. The Labute approximate surface area is 143 Å². The van der Waals surface area contributed by atoms with Gasteiger partial charge in [-0.15, -0.1) is 0 Å². The molecule has 0 aromatic carbocycles. The Morgan fingerprint density at radius 1 is 1.08 bits per heavy atom. The average Bonchev–Trinajstić information content (AvgIpc) is 2.60. The van der Waals surface area contributed by atoms with Crippen LogP contribution in [-0.2, 0) is 9.59 Å². The van der Waals surface area contributed by atoms with E-state index in [1.54, 1.807) is 4.90 Å². The lowest BCUT2D eigenvalue weighted by atomic mass is 9.86. The lowest BCUT2D eigenvalue weighted by Crippen LogP contribution is -2.51. The second-order valence-electron chi connectivity index (χ2n) is 6.91. The lowest BCUT2D eigenvalue weighted by molar-refractivity contribution is -0.142. The highest BCUT2D eigenvalue weighted by molar-refractivity contribution is 5.81. The van der Waals surface area contributed by atoms with Crippen molar-refractivity contribution in [2.24, 2.45) is 11.8 Å². The van der Waals surface area contributed by atoms with Crippen LogP contribution >= 0.6 is 0 Å². The maximum atomic E-state index is 12.4. The summed E-state index contributed by atoms with van der Waals surface area (Å²) < 4.78 is 0. The van der Waals surface area contributed by atoms with E-state index >= 15 is 0 Å². The van der Waals surface area contributed by atoms with Gasteiger partial charge in [0.15, 0.2) is 0 Å². The van der Waals surface area contributed by atoms with E-state index in [1.807, 2.05) is 6.92 Å². The number of rotatable bonds is 5. The number of aliphatic carboxylic acids is 1. The number of amides is 3. The van der Waals surface area contributed by atoms with Crippen molar-refractivity contribution in [3.63, 3.8) is 0 Å². The first-order chi connectivity index (χ1) is 11.5. The number of nitrogens with one attached hydrogen (secondary N) is 2. The molecule has 3 N–H and O–H groups in total. The van der Waals surface area contributed by atoms with Crippen molar-refractivity contribution in [2.45, 2.75) is 57.9 Å². The summed E-state index contributed by atoms with van der Waals surface area (Å²) in [7, 11) is 0. The third-order valence-corrected chi connectivity index (χ3v) is 5.03. The van der Waals surface area contributed by atoms with Crippen LogP contribution in [0.15, 0.2) is 0 Å². The van der Waals surface area contributed by atoms with Gasteiger partial charge in [-0.3, -0.25) is 9.59 Å². The summed E-state index contributed by atoms with van der Waals surface area (Å²) >= 11 is 0. The van der Waals surface area contributed by atoms with E-state index < -0.39 is 5.97 Å². The molecule has 0 spiro atoms. The molecule has 7 nitrogen and oxygen atoms in total. The second kappa shape index (κ2) is 8.89. The zero-order chi connectivity index (χ0) is 17.5. The number of nitrogens with zero attached hydrogens (tertiary/aromatic N) is 1. The molecule has 1 saturated carbocycles. The van der Waals surface area contributed by atoms with Crippen molar-refractivity contribution in [3.05, 3.63) is 0 Å². The fourth-order valence-corrected chi connectivity index (χ4v) is 3.52. The minimum atomic E-state index is -0.739. The van der Waals surface area contributed by atoms with Crippen LogP contribution in [0.25, 0.3) is 0 Å². The first-order valence-corrected chi connectivity index (χ1v) is 9.07. The number of hydrogen-bond acceptors (Lipinski definition) is 3. The first kappa shape index (κ1) is 18.5. The summed E-state index contributed by atoms with van der Waals surface area (Å²) in [4.78, 5) is 37.2. The molecule has 1 heterocycles. The van der Waals surface area contributed by atoms with E-state index in [-0.39, 0.29) is 29.8 Å². The predicted molar refractivity (Wildman–Crippen MR) is 89.5 cm³/mol. The highest BCUT2D eigenvalue weighted by Gasteiger charge is 2.31. The van der Waals surface area contributed by atoms with Gasteiger partial charge >= 0.3 is 12.0 Å². The largest absolute Gasteiger partial charge is 0.481 e. The summed E-state index contributed by atoms with van der Waals surface area (Å²) in [6, 6.07) is -0.0795. The van der Waals surface area contributed by atoms with Crippen LogP contribution in [0, 0.1) is 11.8 Å². The molecule has 1 aliphatic carbocycles. The molecule has 1 saturated heterocycles. The summed E-state index contributed by atoms with van der Waals surface area (Å²) in [5.41, 5.74) is 0. The van der Waals surface area contributed by atoms with Crippen LogP contribution in [0.3, 0.4) is 0 Å². The molecule has 0 bridgehead atoms. The predicted octanol–water partition coefficient (Wildman–Crippen LogP) is 1.58. The SMILES string of the molecule is CCCNC(=O)C1CCCN(C(=O)NC2CCC(C(=O)O)CC2)C1. The fourth-order valence-electron chi connectivity index (χ4n) is 3.52. The Balaban J connectivity index is 1.78. The van der Waals surface area contributed by atoms with Gasteiger partial charge in [0.1, 0.15) is 0 Å². The van der Waals surface area contributed by atoms with Crippen molar-refractivity contribution >= 4 is 17.9 Å². The highest BCUT2D eigenvalue weighted by Crippen LogP contribution is 2.25. The molecule has 3 amide bonds. The minimum Gasteiger partial charge on any atom is -0.481 e. The molecule has 136 valence electrons. The Morgan fingerprint density at radius 3 is 2.42 bits per heavy atom. The highest BCUT2D eigenvalue weighted by atomic mass is 16.4. The summed E-state index contributed by atoms with van der Waals surface area (Å²) in [6.07, 6.45) is 5.20. The number of carboxylic acid groups (broad SMARTS) is 1. The molecule has 24 heavy (non-hydrogen) atoms. The van der Waals surface area contributed by atoms with Gasteiger partial charge in [-0.1, -0.05) is 6.92 Å². The number of urea groups is 1. The van der Waals surface area contributed by atoms with Crippen molar-refractivity contribution in [2.75, 3.05) is 19.6 Å². The monoisotopic (exact) mass is 339 g/mol. The molecule has 0 aromatic rings. The van der Waals surface area contributed by atoms with Gasteiger partial charge in [-0.25, -0.2) is 4.79 Å². The molecular weight excluding hydrogens is 310 g/mol. The molecule has 0 aromatic heterocycles. The number of carbonyl (C=O) groups excluding carboxylic acids is 2. The Morgan fingerprint density at radius 2 is 1.79 bits per heavy atom. The zero-order valence-corrected chi connectivity index (χ0v) is 14.4. The Kier molecular flexibility index (Phi) is 6.87. The van der Waals surface area contributed by atoms with Gasteiger partial charge in [0.25, 0.3) is 0 Å². The molecule has 0 radical (unpaired) electrons. The van der Waals surface area contributed by atoms with Crippen molar-refractivity contribution < 1.29 is 19.5 Å².